The third kappa shape index (κ3) is 2.95. The molecule has 0 bridgehead atoms. The maximum atomic E-state index is 14.6. The zero-order valence-corrected chi connectivity index (χ0v) is 17.6. The molecule has 5 nitrogen and oxygen atoms in total. The van der Waals surface area contributed by atoms with Crippen LogP contribution in [0.3, 0.4) is 0 Å². The second-order valence-corrected chi connectivity index (χ2v) is 8.34. The van der Waals surface area contributed by atoms with Gasteiger partial charge in [0.25, 0.3) is 0 Å². The first kappa shape index (κ1) is 19.8. The Balaban J connectivity index is 1.63. The van der Waals surface area contributed by atoms with Crippen LogP contribution >= 0.6 is 0 Å². The van der Waals surface area contributed by atoms with Crippen LogP contribution in [0, 0.1) is 11.8 Å². The van der Waals surface area contributed by atoms with Crippen LogP contribution in [0.1, 0.15) is 43.7 Å². The first-order chi connectivity index (χ1) is 15.0. The van der Waals surface area contributed by atoms with Crippen LogP contribution in [0.5, 0.6) is 5.75 Å². The van der Waals surface area contributed by atoms with Crippen molar-refractivity contribution >= 4 is 5.84 Å². The van der Waals surface area contributed by atoms with Crippen molar-refractivity contribution in [3.63, 3.8) is 0 Å². The van der Waals surface area contributed by atoms with Gasteiger partial charge in [0.05, 0.1) is 6.10 Å². The summed E-state index contributed by atoms with van der Waals surface area (Å²) >= 11 is 0. The number of halogens is 1. The number of hydrogen-bond acceptors (Lipinski definition) is 5. The highest BCUT2D eigenvalue weighted by Gasteiger charge is 2.62. The van der Waals surface area contributed by atoms with Crippen LogP contribution in [0.4, 0.5) is 4.39 Å². The lowest BCUT2D eigenvalue weighted by molar-refractivity contribution is -0.0426. The Bertz CT molecular complexity index is 1150. The number of aromatic nitrogens is 1. The molecule has 0 amide bonds. The van der Waals surface area contributed by atoms with E-state index in [4.69, 9.17) is 15.2 Å². The molecule has 1 fully saturated rings. The highest BCUT2D eigenvalue weighted by molar-refractivity contribution is 5.98. The smallest absolute Gasteiger partial charge is 0.163 e. The number of hydrogen-bond donors (Lipinski definition) is 1. The Morgan fingerprint density at radius 2 is 2.00 bits per heavy atom. The summed E-state index contributed by atoms with van der Waals surface area (Å²) < 4.78 is 26.7. The van der Waals surface area contributed by atoms with Crippen molar-refractivity contribution in [3.05, 3.63) is 59.7 Å². The van der Waals surface area contributed by atoms with Crippen LogP contribution in [0.2, 0.25) is 0 Å². The number of ether oxygens (including phenoxy) is 2. The van der Waals surface area contributed by atoms with Crippen LogP contribution in [-0.4, -0.2) is 29.6 Å². The molecule has 5 rings (SSSR count). The topological polar surface area (TPSA) is 69.7 Å². The predicted molar refractivity (Wildman–Crippen MR) is 117 cm³/mol. The lowest BCUT2D eigenvalue weighted by Gasteiger charge is -2.43. The van der Waals surface area contributed by atoms with Crippen molar-refractivity contribution in [2.45, 2.75) is 49.9 Å². The highest BCUT2D eigenvalue weighted by Crippen LogP contribution is 2.59. The van der Waals surface area contributed by atoms with Crippen molar-refractivity contribution in [2.75, 3.05) is 7.11 Å². The largest absolute Gasteiger partial charge is 0.484 e. The zero-order valence-electron chi connectivity index (χ0n) is 17.6. The summed E-state index contributed by atoms with van der Waals surface area (Å²) in [6, 6.07) is 7.96. The number of pyridine rings is 1. The van der Waals surface area contributed by atoms with Crippen molar-refractivity contribution in [1.29, 1.82) is 0 Å². The van der Waals surface area contributed by atoms with Gasteiger partial charge >= 0.3 is 0 Å². The van der Waals surface area contributed by atoms with Gasteiger partial charge in [-0.3, -0.25) is 4.98 Å². The number of benzene rings is 1. The van der Waals surface area contributed by atoms with Crippen LogP contribution in [0.25, 0.3) is 11.1 Å². The van der Waals surface area contributed by atoms with Crippen molar-refractivity contribution in [3.8, 4) is 28.7 Å². The Hall–Kier alpha value is -3.17. The van der Waals surface area contributed by atoms with Gasteiger partial charge in [-0.2, -0.15) is 0 Å². The maximum absolute atomic E-state index is 14.6. The summed E-state index contributed by atoms with van der Waals surface area (Å²) in [6.07, 6.45) is 8.32. The summed E-state index contributed by atoms with van der Waals surface area (Å²) in [5.74, 6) is 6.10. The van der Waals surface area contributed by atoms with Gasteiger partial charge in [-0.05, 0) is 62.4 Å². The average Bonchev–Trinajstić information content (AvgIpc) is 3.22. The van der Waals surface area contributed by atoms with Gasteiger partial charge in [-0.15, -0.1) is 5.92 Å². The Labute approximate surface area is 181 Å². The molecule has 1 unspecified atom stereocenters. The van der Waals surface area contributed by atoms with Crippen LogP contribution in [0.15, 0.2) is 53.6 Å². The van der Waals surface area contributed by atoms with Gasteiger partial charge in [0.15, 0.2) is 17.2 Å². The van der Waals surface area contributed by atoms with E-state index in [-0.39, 0.29) is 11.9 Å². The molecule has 3 aliphatic rings. The lowest BCUT2D eigenvalue weighted by atomic mass is 9.68. The molecule has 1 aromatic carbocycles. The number of fused-ring (bicyclic) bond motifs is 3. The first-order valence-corrected chi connectivity index (χ1v) is 10.5. The van der Waals surface area contributed by atoms with Crippen LogP contribution < -0.4 is 10.5 Å². The zero-order chi connectivity index (χ0) is 21.6. The van der Waals surface area contributed by atoms with E-state index in [1.165, 1.54) is 0 Å². The van der Waals surface area contributed by atoms with E-state index in [9.17, 15) is 4.39 Å². The SMILES string of the molecule is CC#Cc1cncc(-c2ccc3c(c2)C2(C=C(F)C(N)=N2)C2(CCC(OC)CC2)O3)c1. The number of aliphatic imine (C=N–C) groups is 1. The first-order valence-electron chi connectivity index (χ1n) is 10.5. The molecule has 0 radical (unpaired) electrons. The summed E-state index contributed by atoms with van der Waals surface area (Å²) in [5.41, 5.74) is 7.85. The van der Waals surface area contributed by atoms with E-state index in [0.717, 1.165) is 40.8 Å². The monoisotopic (exact) mass is 417 g/mol. The molecule has 1 saturated carbocycles. The molecule has 2 spiro atoms. The fourth-order valence-corrected chi connectivity index (χ4v) is 5.12. The minimum absolute atomic E-state index is 0.0722. The van der Waals surface area contributed by atoms with Gasteiger partial charge < -0.3 is 15.2 Å². The van der Waals surface area contributed by atoms with E-state index in [1.54, 1.807) is 32.5 Å². The van der Waals surface area contributed by atoms with Gasteiger partial charge in [-0.1, -0.05) is 12.0 Å². The third-order valence-electron chi connectivity index (χ3n) is 6.68. The molecule has 31 heavy (non-hydrogen) atoms. The van der Waals surface area contributed by atoms with E-state index in [1.807, 2.05) is 24.3 Å². The Morgan fingerprint density at radius 1 is 1.19 bits per heavy atom. The van der Waals surface area contributed by atoms with Gasteiger partial charge in [0, 0.05) is 36.2 Å². The molecule has 2 N–H and O–H groups in total. The average molecular weight is 417 g/mol. The molecular weight excluding hydrogens is 393 g/mol. The maximum Gasteiger partial charge on any atom is 0.163 e. The van der Waals surface area contributed by atoms with E-state index < -0.39 is 17.0 Å². The summed E-state index contributed by atoms with van der Waals surface area (Å²) in [6.45, 7) is 1.80. The molecule has 0 saturated heterocycles. The number of methoxy groups -OCH3 is 1. The molecule has 2 aromatic rings. The molecular formula is C25H24FN3O2. The lowest BCUT2D eigenvalue weighted by Crippen LogP contribution is -2.52. The molecule has 1 aliphatic carbocycles. The molecule has 1 atom stereocenters. The normalized spacial score (nSPS) is 28.5. The predicted octanol–water partition coefficient (Wildman–Crippen LogP) is 4.26. The minimum Gasteiger partial charge on any atom is -0.484 e. The van der Waals surface area contributed by atoms with Crippen molar-refractivity contribution in [2.24, 2.45) is 10.7 Å². The van der Waals surface area contributed by atoms with Gasteiger partial charge in [0.1, 0.15) is 11.4 Å². The number of nitrogens with two attached hydrogens (primary N) is 1. The minimum atomic E-state index is -0.973. The molecule has 3 heterocycles. The molecule has 158 valence electrons. The fourth-order valence-electron chi connectivity index (χ4n) is 5.12. The Kier molecular flexibility index (Phi) is 4.60. The number of nitrogens with zero attached hydrogens (tertiary/aromatic N) is 2. The van der Waals surface area contributed by atoms with Crippen LogP contribution in [-0.2, 0) is 10.3 Å². The van der Waals surface area contributed by atoms with Crippen molar-refractivity contribution in [1.82, 2.24) is 4.98 Å². The fraction of sp³-hybridized carbons (Fsp3) is 0.360. The summed E-state index contributed by atoms with van der Waals surface area (Å²) in [4.78, 5) is 8.99. The standard InChI is InChI=1S/C25H24FN3O2/c1-3-4-16-11-18(15-28-14-16)17-5-6-22-20(12-17)25(13-21(26)23(27)29-25)24(31-22)9-7-19(30-2)8-10-24/h5-6,11-15,19H,7-10H2,1-2H3,(H2,27,29). The number of amidine groups is 1. The second kappa shape index (κ2) is 7.21. The van der Waals surface area contributed by atoms with E-state index in [0.29, 0.717) is 12.8 Å². The van der Waals surface area contributed by atoms with Gasteiger partial charge in [0.2, 0.25) is 0 Å². The Morgan fingerprint density at radius 3 is 2.68 bits per heavy atom. The molecule has 6 heteroatoms. The molecule has 1 aromatic heterocycles. The quantitative estimate of drug-likeness (QED) is 0.742. The third-order valence-corrected chi connectivity index (χ3v) is 6.68. The highest BCUT2D eigenvalue weighted by atomic mass is 19.1. The van der Waals surface area contributed by atoms with E-state index >= 15 is 0 Å². The number of rotatable bonds is 2. The van der Waals surface area contributed by atoms with E-state index in [2.05, 4.69) is 21.8 Å². The molecule has 2 aliphatic heterocycles. The van der Waals surface area contributed by atoms with Gasteiger partial charge in [-0.25, -0.2) is 9.38 Å². The summed E-state index contributed by atoms with van der Waals surface area (Å²) in [5, 5.41) is 0. The second-order valence-electron chi connectivity index (χ2n) is 8.34. The van der Waals surface area contributed by atoms with Crippen molar-refractivity contribution < 1.29 is 13.9 Å². The summed E-state index contributed by atoms with van der Waals surface area (Å²) in [7, 11) is 1.73.